The number of nitrogens with zero attached hydrogens (tertiary/aromatic N) is 2. The first kappa shape index (κ1) is 21.2. The predicted octanol–water partition coefficient (Wildman–Crippen LogP) is 1.98. The number of carbonyl (C=O) groups is 1. The highest BCUT2D eigenvalue weighted by Gasteiger charge is 1.90. The molecule has 0 aromatic rings. The number of rotatable bonds is 11. The number of amides is 2. The molecule has 5 N–H and O–H groups in total. The third-order valence-corrected chi connectivity index (χ3v) is 2.50. The molecule has 9 nitrogen and oxygen atoms in total. The van der Waals surface area contributed by atoms with Gasteiger partial charge in [-0.25, -0.2) is 4.79 Å². The van der Waals surface area contributed by atoms with Crippen molar-refractivity contribution in [2.75, 3.05) is 6.54 Å². The van der Waals surface area contributed by atoms with Crippen molar-refractivity contribution < 1.29 is 15.1 Å². The molecule has 0 aliphatic carbocycles. The molecule has 0 aliphatic heterocycles. The molecule has 124 valence electrons. The molecule has 0 aromatic heterocycles. The fourth-order valence-electron chi connectivity index (χ4n) is 1.54. The van der Waals surface area contributed by atoms with E-state index in [1.165, 1.54) is 51.3 Å². The number of urea groups is 1. The highest BCUT2D eigenvalue weighted by Crippen LogP contribution is 2.07. The van der Waals surface area contributed by atoms with Gasteiger partial charge in [0.1, 0.15) is 6.34 Å². The summed E-state index contributed by atoms with van der Waals surface area (Å²) in [6.45, 7) is 3.07. The second-order valence-corrected chi connectivity index (χ2v) is 4.39. The van der Waals surface area contributed by atoms with E-state index in [-0.39, 0.29) is 0 Å². The molecule has 0 aromatic carbocycles. The van der Waals surface area contributed by atoms with Gasteiger partial charge in [0.25, 0.3) is 5.09 Å². The van der Waals surface area contributed by atoms with Crippen LogP contribution in [0.15, 0.2) is 5.10 Å². The fourth-order valence-corrected chi connectivity index (χ4v) is 1.54. The molecule has 0 rings (SSSR count). The number of unbranched alkanes of at least 4 members (excludes halogenated alkanes) is 7. The largest absolute Gasteiger partial charge is 0.351 e. The molecule has 0 spiro atoms. The molecule has 2 amide bonds. The van der Waals surface area contributed by atoms with Gasteiger partial charge in [-0.3, -0.25) is 5.32 Å². The van der Waals surface area contributed by atoms with Crippen LogP contribution in [0.2, 0.25) is 0 Å². The standard InChI is InChI=1S/C12H26N4O.HNO3/c1-2-3-4-5-6-7-8-9-10-15-16-11-14-12(13)17;2-1(3)4/h11,15H,2-10H2,1H3,(H3,13,14,16,17);(H,2,3,4). The van der Waals surface area contributed by atoms with Gasteiger partial charge in [0.05, 0.1) is 0 Å². The van der Waals surface area contributed by atoms with Gasteiger partial charge in [0, 0.05) is 6.54 Å². The van der Waals surface area contributed by atoms with Gasteiger partial charge in [-0.15, -0.1) is 10.1 Å². The van der Waals surface area contributed by atoms with Gasteiger partial charge in [0.2, 0.25) is 0 Å². The Labute approximate surface area is 125 Å². The average molecular weight is 305 g/mol. The summed E-state index contributed by atoms with van der Waals surface area (Å²) in [4.78, 5) is 18.6. The molecular formula is C12H27N5O4. The second kappa shape index (κ2) is 17.9. The van der Waals surface area contributed by atoms with Crippen LogP contribution in [-0.2, 0) is 0 Å². The van der Waals surface area contributed by atoms with Crippen molar-refractivity contribution in [3.63, 3.8) is 0 Å². The quantitative estimate of drug-likeness (QED) is 0.152. The van der Waals surface area contributed by atoms with Crippen LogP contribution in [0.4, 0.5) is 4.79 Å². The SMILES string of the molecule is CCCCCCCCCCNN=CNC(N)=O.O=[N+]([O-])O. The molecule has 0 aliphatic rings. The number of hydrogen-bond acceptors (Lipinski definition) is 5. The molecule has 21 heavy (non-hydrogen) atoms. The lowest BCUT2D eigenvalue weighted by Crippen LogP contribution is -2.28. The minimum absolute atomic E-state index is 0.595. The number of primary amides is 1. The third kappa shape index (κ3) is 32.0. The van der Waals surface area contributed by atoms with Gasteiger partial charge >= 0.3 is 6.03 Å². The predicted molar refractivity (Wildman–Crippen MR) is 80.6 cm³/mol. The fraction of sp³-hybridized carbons (Fsp3) is 0.833. The summed E-state index contributed by atoms with van der Waals surface area (Å²) in [7, 11) is 0. The van der Waals surface area contributed by atoms with Crippen molar-refractivity contribution in [1.29, 1.82) is 0 Å². The summed E-state index contributed by atoms with van der Waals surface area (Å²) in [5.41, 5.74) is 7.70. The van der Waals surface area contributed by atoms with Crippen LogP contribution in [0.5, 0.6) is 0 Å². The topological polar surface area (TPSA) is 143 Å². The first-order valence-electron chi connectivity index (χ1n) is 7.14. The molecular weight excluding hydrogens is 278 g/mol. The average Bonchev–Trinajstić information content (AvgIpc) is 2.39. The van der Waals surface area contributed by atoms with E-state index in [1.807, 2.05) is 0 Å². The summed E-state index contributed by atoms with van der Waals surface area (Å²) >= 11 is 0. The van der Waals surface area contributed by atoms with Gasteiger partial charge in [-0.05, 0) is 6.42 Å². The van der Waals surface area contributed by atoms with Gasteiger partial charge in [-0.2, -0.15) is 5.10 Å². The number of nitrogens with two attached hydrogens (primary N) is 1. The maximum atomic E-state index is 10.3. The van der Waals surface area contributed by atoms with E-state index >= 15 is 0 Å². The Morgan fingerprint density at radius 2 is 1.71 bits per heavy atom. The van der Waals surface area contributed by atoms with Crippen molar-refractivity contribution in [1.82, 2.24) is 10.7 Å². The Morgan fingerprint density at radius 3 is 2.19 bits per heavy atom. The lowest BCUT2D eigenvalue weighted by molar-refractivity contribution is -0.742. The lowest BCUT2D eigenvalue weighted by Gasteiger charge is -2.01. The Hall–Kier alpha value is -2.06. The zero-order valence-electron chi connectivity index (χ0n) is 12.6. The molecule has 0 saturated carbocycles. The molecule has 0 saturated heterocycles. The van der Waals surface area contributed by atoms with Crippen LogP contribution in [0.3, 0.4) is 0 Å². The van der Waals surface area contributed by atoms with Crippen molar-refractivity contribution in [3.8, 4) is 0 Å². The molecule has 0 atom stereocenters. The van der Waals surface area contributed by atoms with Crippen LogP contribution in [0.25, 0.3) is 0 Å². The maximum Gasteiger partial charge on any atom is 0.317 e. The zero-order chi connectivity index (χ0) is 16.3. The van der Waals surface area contributed by atoms with Gasteiger partial charge in [0.15, 0.2) is 0 Å². The number of hydrogen-bond donors (Lipinski definition) is 4. The van der Waals surface area contributed by atoms with Gasteiger partial charge in [-0.1, -0.05) is 51.9 Å². The number of carbonyl (C=O) groups excluding carboxylic acids is 1. The van der Waals surface area contributed by atoms with E-state index < -0.39 is 11.1 Å². The summed E-state index contributed by atoms with van der Waals surface area (Å²) < 4.78 is 0. The monoisotopic (exact) mass is 305 g/mol. The molecule has 0 fully saturated rings. The van der Waals surface area contributed by atoms with Crippen molar-refractivity contribution >= 4 is 12.4 Å². The normalized spacial score (nSPS) is 9.76. The molecule has 0 heterocycles. The van der Waals surface area contributed by atoms with Gasteiger partial charge < -0.3 is 16.4 Å². The van der Waals surface area contributed by atoms with Crippen molar-refractivity contribution in [2.45, 2.75) is 58.3 Å². The van der Waals surface area contributed by atoms with Crippen LogP contribution in [-0.4, -0.2) is 29.2 Å². The van der Waals surface area contributed by atoms with E-state index in [4.69, 9.17) is 21.1 Å². The highest BCUT2D eigenvalue weighted by molar-refractivity contribution is 5.84. The minimum Gasteiger partial charge on any atom is -0.351 e. The van der Waals surface area contributed by atoms with E-state index in [9.17, 15) is 4.79 Å². The number of nitrogens with one attached hydrogen (secondary N) is 2. The first-order valence-corrected chi connectivity index (χ1v) is 7.14. The zero-order valence-corrected chi connectivity index (χ0v) is 12.6. The van der Waals surface area contributed by atoms with E-state index in [0.29, 0.717) is 0 Å². The summed E-state index contributed by atoms with van der Waals surface area (Å²) in [6, 6.07) is -0.595. The third-order valence-electron chi connectivity index (χ3n) is 2.50. The van der Waals surface area contributed by atoms with Crippen LogP contribution < -0.4 is 16.5 Å². The van der Waals surface area contributed by atoms with E-state index in [1.54, 1.807) is 0 Å². The first-order chi connectivity index (χ1) is 10.0. The second-order valence-electron chi connectivity index (χ2n) is 4.39. The molecule has 9 heteroatoms. The summed E-state index contributed by atoms with van der Waals surface area (Å²) in [5.74, 6) is 0. The smallest absolute Gasteiger partial charge is 0.317 e. The highest BCUT2D eigenvalue weighted by atomic mass is 16.9. The summed E-state index contributed by atoms with van der Waals surface area (Å²) in [5, 5.41) is 19.7. The molecule has 0 bridgehead atoms. The van der Waals surface area contributed by atoms with Crippen molar-refractivity contribution in [2.24, 2.45) is 10.8 Å². The molecule has 0 unspecified atom stereocenters. The maximum absolute atomic E-state index is 10.3. The Morgan fingerprint density at radius 1 is 1.24 bits per heavy atom. The Kier molecular flexibility index (Phi) is 18.1. The van der Waals surface area contributed by atoms with Crippen LogP contribution >= 0.6 is 0 Å². The van der Waals surface area contributed by atoms with E-state index in [0.717, 1.165) is 13.0 Å². The summed E-state index contributed by atoms with van der Waals surface area (Å²) in [6.07, 6.45) is 11.7. The van der Waals surface area contributed by atoms with Crippen LogP contribution in [0.1, 0.15) is 58.3 Å². The Balaban J connectivity index is 0. The molecule has 0 radical (unpaired) electrons. The van der Waals surface area contributed by atoms with Crippen molar-refractivity contribution in [3.05, 3.63) is 10.1 Å². The van der Waals surface area contributed by atoms with E-state index in [2.05, 4.69) is 22.8 Å². The minimum atomic E-state index is -1.50. The number of hydrazone groups is 1. The van der Waals surface area contributed by atoms with Crippen LogP contribution in [0, 0.1) is 10.1 Å². The Bertz CT molecular complexity index is 283. The lowest BCUT2D eigenvalue weighted by atomic mass is 10.1.